The molecule has 0 heterocycles. The van der Waals surface area contributed by atoms with Crippen LogP contribution in [0.1, 0.15) is 0 Å². The zero-order valence-electron chi connectivity index (χ0n) is 9.36. The maximum atomic E-state index is 9.51. The van der Waals surface area contributed by atoms with Crippen LogP contribution in [0.3, 0.4) is 0 Å². The molecule has 0 aliphatic rings. The van der Waals surface area contributed by atoms with Crippen LogP contribution >= 0.6 is 0 Å². The Morgan fingerprint density at radius 2 is 0.550 bits per heavy atom. The number of rotatable bonds is 4. The van der Waals surface area contributed by atoms with Gasteiger partial charge in [-0.2, -0.15) is 0 Å². The van der Waals surface area contributed by atoms with E-state index in [1.165, 1.54) is 0 Å². The predicted molar refractivity (Wildman–Crippen MR) is 60.0 cm³/mol. The van der Waals surface area contributed by atoms with E-state index in [1.807, 2.05) is 0 Å². The predicted octanol–water partition coefficient (Wildman–Crippen LogP) is -4.69. The molecule has 0 unspecified atom stereocenters. The van der Waals surface area contributed by atoms with Crippen molar-refractivity contribution in [2.45, 2.75) is 0 Å². The van der Waals surface area contributed by atoms with Crippen LogP contribution < -0.4 is 0 Å². The molecule has 0 aliphatic carbocycles. The van der Waals surface area contributed by atoms with Crippen molar-refractivity contribution in [1.29, 1.82) is 0 Å². The van der Waals surface area contributed by atoms with E-state index >= 15 is 0 Å². The molecule has 0 aromatic carbocycles. The van der Waals surface area contributed by atoms with Crippen molar-refractivity contribution >= 4 is 86.6 Å². The summed E-state index contributed by atoms with van der Waals surface area (Å²) in [6, 6.07) is 0. The van der Waals surface area contributed by atoms with E-state index in [1.54, 1.807) is 0 Å². The van der Waals surface area contributed by atoms with E-state index in [2.05, 4.69) is 0 Å². The number of hydrogen-bond acceptors (Lipinski definition) is 12. The molecule has 0 aliphatic heterocycles. The smallest absolute Gasteiger partial charge is 0.747 e. The summed E-state index contributed by atoms with van der Waals surface area (Å²) in [5.74, 6) is 0. The summed E-state index contributed by atoms with van der Waals surface area (Å²) in [6.07, 6.45) is 0. The first-order valence-corrected chi connectivity index (χ1v) is 9.46. The van der Waals surface area contributed by atoms with E-state index in [4.69, 9.17) is 0 Å². The van der Waals surface area contributed by atoms with E-state index in [9.17, 15) is 51.9 Å². The second-order valence-electron chi connectivity index (χ2n) is 2.47. The summed E-state index contributed by atoms with van der Waals surface area (Å²) < 4.78 is 114. The SMILES string of the molecule is O=S(=O)([O-])CS(=O)(=O)[O-].O=S(=O)([O-])CS(=O)(=O)[O-].[Mg+2].[Mg+2]. The molecule has 112 valence electrons. The first-order chi connectivity index (χ1) is 7.41. The molecule has 0 aromatic rings. The van der Waals surface area contributed by atoms with Crippen LogP contribution in [-0.2, 0) is 40.5 Å². The topological polar surface area (TPSA) is 229 Å². The molecule has 0 bridgehead atoms. The summed E-state index contributed by atoms with van der Waals surface area (Å²) >= 11 is 0. The monoisotopic (exact) mass is 396 g/mol. The maximum absolute atomic E-state index is 9.51. The Kier molecular flexibility index (Phi) is 14.7. The van der Waals surface area contributed by atoms with Crippen LogP contribution in [0.2, 0.25) is 0 Å². The summed E-state index contributed by atoms with van der Waals surface area (Å²) in [5.41, 5.74) is 0. The van der Waals surface area contributed by atoms with Crippen molar-refractivity contribution in [3.63, 3.8) is 0 Å². The molecule has 18 heteroatoms. The van der Waals surface area contributed by atoms with Crippen LogP contribution in [0.25, 0.3) is 0 Å². The Morgan fingerprint density at radius 3 is 0.550 bits per heavy atom. The first-order valence-electron chi connectivity index (χ1n) is 3.15. The second kappa shape index (κ2) is 10.0. The summed E-state index contributed by atoms with van der Waals surface area (Å²) in [6.45, 7) is 0. The average molecular weight is 397 g/mol. The minimum Gasteiger partial charge on any atom is -0.747 e. The van der Waals surface area contributed by atoms with Crippen LogP contribution in [-0.4, -0.2) is 108 Å². The fourth-order valence-electron chi connectivity index (χ4n) is 0.354. The van der Waals surface area contributed by atoms with Crippen molar-refractivity contribution in [3.8, 4) is 0 Å². The van der Waals surface area contributed by atoms with Crippen molar-refractivity contribution in [2.24, 2.45) is 0 Å². The van der Waals surface area contributed by atoms with Gasteiger partial charge in [0.15, 0.2) is 0 Å². The Morgan fingerprint density at radius 1 is 0.450 bits per heavy atom. The van der Waals surface area contributed by atoms with Gasteiger partial charge in [0.2, 0.25) is 0 Å². The third-order valence-corrected chi connectivity index (χ3v) is 5.20. The third-order valence-electron chi connectivity index (χ3n) is 0.577. The first kappa shape index (κ1) is 29.2. The Bertz CT molecular complexity index is 544. The molecule has 0 atom stereocenters. The van der Waals surface area contributed by atoms with Crippen LogP contribution in [0.5, 0.6) is 0 Å². The van der Waals surface area contributed by atoms with Gasteiger partial charge in [0.25, 0.3) is 0 Å². The molecule has 0 spiro atoms. The standard InChI is InChI=1S/2CH4O6S2.2Mg/c2*2-8(3,4)1-9(5,6)7;;/h2*1H2,(H,2,3,4)(H,5,6,7);;/q;;2*+2/p-4. The second-order valence-corrected chi connectivity index (χ2v) is 8.81. The molecule has 0 amide bonds. The molecule has 0 saturated heterocycles. The maximum Gasteiger partial charge on any atom is 2.00 e. The fraction of sp³-hybridized carbons (Fsp3) is 1.00. The quantitative estimate of drug-likeness (QED) is 0.322. The minimum atomic E-state index is -4.93. The van der Waals surface area contributed by atoms with Crippen molar-refractivity contribution in [3.05, 3.63) is 0 Å². The summed E-state index contributed by atoms with van der Waals surface area (Å²) in [4.78, 5) is 0. The van der Waals surface area contributed by atoms with Gasteiger partial charge in [0, 0.05) is 0 Å². The molecule has 20 heavy (non-hydrogen) atoms. The molecule has 0 radical (unpaired) electrons. The van der Waals surface area contributed by atoms with E-state index < -0.39 is 50.6 Å². The van der Waals surface area contributed by atoms with Crippen LogP contribution in [0.4, 0.5) is 0 Å². The van der Waals surface area contributed by atoms with Crippen molar-refractivity contribution in [2.75, 3.05) is 10.2 Å². The van der Waals surface area contributed by atoms with Crippen LogP contribution in [0, 0.1) is 0 Å². The molecule has 0 saturated carbocycles. The van der Waals surface area contributed by atoms with E-state index in [0.717, 1.165) is 0 Å². The van der Waals surface area contributed by atoms with Crippen molar-refractivity contribution in [1.82, 2.24) is 0 Å². The van der Waals surface area contributed by atoms with Gasteiger partial charge in [-0.25, -0.2) is 33.7 Å². The molecule has 0 N–H and O–H groups in total. The zero-order chi connectivity index (χ0) is 15.4. The minimum absolute atomic E-state index is 0. The molecule has 0 rings (SSSR count). The molecule has 0 fully saturated rings. The van der Waals surface area contributed by atoms with Gasteiger partial charge in [-0.15, -0.1) is 0 Å². The van der Waals surface area contributed by atoms with Crippen LogP contribution in [0.15, 0.2) is 0 Å². The molecular weight excluding hydrogens is 393 g/mol. The van der Waals surface area contributed by atoms with Gasteiger partial charge in [-0.05, 0) is 0 Å². The van der Waals surface area contributed by atoms with Gasteiger partial charge in [-0.1, -0.05) is 0 Å². The van der Waals surface area contributed by atoms with E-state index in [0.29, 0.717) is 0 Å². The number of hydrogen-bond donors (Lipinski definition) is 0. The van der Waals surface area contributed by atoms with Gasteiger partial charge < -0.3 is 18.2 Å². The summed E-state index contributed by atoms with van der Waals surface area (Å²) in [5, 5.41) is -3.75. The summed E-state index contributed by atoms with van der Waals surface area (Å²) in [7, 11) is -19.7. The molecule has 12 nitrogen and oxygen atoms in total. The Hall–Kier alpha value is 1.17. The largest absolute Gasteiger partial charge is 2.00 e. The Balaban J connectivity index is -0.000000116. The van der Waals surface area contributed by atoms with Gasteiger partial charge >= 0.3 is 46.1 Å². The zero-order valence-corrected chi connectivity index (χ0v) is 15.5. The molecular formula is C2H4Mg2O12S4. The van der Waals surface area contributed by atoms with Crippen molar-refractivity contribution < 1.29 is 51.9 Å². The van der Waals surface area contributed by atoms with Gasteiger partial charge in [-0.3, -0.25) is 0 Å². The normalized spacial score (nSPS) is 12.2. The fourth-order valence-corrected chi connectivity index (χ4v) is 3.18. The third kappa shape index (κ3) is 36.5. The average Bonchev–Trinajstić information content (AvgIpc) is 1.64. The van der Waals surface area contributed by atoms with E-state index in [-0.39, 0.29) is 46.1 Å². The molecule has 0 aromatic heterocycles. The van der Waals surface area contributed by atoms with Gasteiger partial charge in [0.1, 0.15) is 50.6 Å². The Labute approximate surface area is 147 Å². The van der Waals surface area contributed by atoms with Gasteiger partial charge in [0.05, 0.1) is 0 Å².